The maximum Gasteiger partial charge on any atom is 0.273 e. The van der Waals surface area contributed by atoms with Gasteiger partial charge >= 0.3 is 0 Å². The highest BCUT2D eigenvalue weighted by molar-refractivity contribution is 7.13. The van der Waals surface area contributed by atoms with Gasteiger partial charge in [-0.25, -0.2) is 4.98 Å². The summed E-state index contributed by atoms with van der Waals surface area (Å²) in [6.45, 7) is 1.89. The second-order valence-electron chi connectivity index (χ2n) is 3.80. The number of anilines is 1. The lowest BCUT2D eigenvalue weighted by Crippen LogP contribution is -2.30. The molecule has 18 heavy (non-hydrogen) atoms. The van der Waals surface area contributed by atoms with Crippen molar-refractivity contribution in [3.8, 4) is 0 Å². The van der Waals surface area contributed by atoms with Crippen LogP contribution in [0, 0.1) is 0 Å². The van der Waals surface area contributed by atoms with Crippen molar-refractivity contribution < 1.29 is 9.32 Å². The number of nitrogens with one attached hydrogen (secondary N) is 1. The van der Waals surface area contributed by atoms with Gasteiger partial charge in [0.15, 0.2) is 5.13 Å². The lowest BCUT2D eigenvalue weighted by atomic mass is 10.2. The minimum atomic E-state index is -0.156. The Kier molecular flexibility index (Phi) is 3.61. The van der Waals surface area contributed by atoms with Crippen molar-refractivity contribution in [3.05, 3.63) is 29.1 Å². The van der Waals surface area contributed by atoms with Crippen LogP contribution in [0.5, 0.6) is 0 Å². The predicted molar refractivity (Wildman–Crippen MR) is 68.7 cm³/mol. The van der Waals surface area contributed by atoms with Crippen molar-refractivity contribution in [1.82, 2.24) is 15.0 Å². The number of carbonyl (C=O) groups excluding carboxylic acids is 1. The average molecular weight is 266 g/mol. The highest BCUT2D eigenvalue weighted by Gasteiger charge is 2.22. The lowest BCUT2D eigenvalue weighted by molar-refractivity contribution is 0.0732. The molecule has 2 rings (SSSR count). The number of rotatable bonds is 4. The second-order valence-corrected chi connectivity index (χ2v) is 4.66. The second kappa shape index (κ2) is 5.18. The Morgan fingerprint density at radius 2 is 2.39 bits per heavy atom. The van der Waals surface area contributed by atoms with Crippen LogP contribution in [0.3, 0.4) is 0 Å². The summed E-state index contributed by atoms with van der Waals surface area (Å²) >= 11 is 1.40. The fourth-order valence-corrected chi connectivity index (χ4v) is 2.12. The molecule has 1 atom stereocenters. The Labute approximate surface area is 109 Å². The molecule has 0 fully saturated rings. The molecule has 0 radical (unpaired) electrons. The molecule has 0 aliphatic rings. The maximum atomic E-state index is 12.2. The largest absolute Gasteiger partial charge is 0.365 e. The first-order valence-corrected chi connectivity index (χ1v) is 6.32. The number of nitrogens with zero attached hydrogens (tertiary/aromatic N) is 3. The fourth-order valence-electron chi connectivity index (χ4n) is 1.48. The van der Waals surface area contributed by atoms with E-state index in [4.69, 9.17) is 4.52 Å². The third-order valence-corrected chi connectivity index (χ3v) is 3.58. The minimum Gasteiger partial charge on any atom is -0.365 e. The third kappa shape index (κ3) is 2.35. The maximum absolute atomic E-state index is 12.2. The van der Waals surface area contributed by atoms with Crippen molar-refractivity contribution >= 4 is 22.4 Å². The van der Waals surface area contributed by atoms with Crippen molar-refractivity contribution in [2.45, 2.75) is 13.0 Å². The van der Waals surface area contributed by atoms with Gasteiger partial charge in [0.2, 0.25) is 0 Å². The summed E-state index contributed by atoms with van der Waals surface area (Å²) < 4.78 is 4.78. The molecule has 0 spiro atoms. The topological polar surface area (TPSA) is 71.3 Å². The summed E-state index contributed by atoms with van der Waals surface area (Å²) in [5, 5.41) is 9.20. The van der Waals surface area contributed by atoms with Gasteiger partial charge in [-0.1, -0.05) is 5.16 Å². The smallest absolute Gasteiger partial charge is 0.273 e. The summed E-state index contributed by atoms with van der Waals surface area (Å²) in [4.78, 5) is 18.0. The number of thiazole rings is 1. The first-order chi connectivity index (χ1) is 8.63. The van der Waals surface area contributed by atoms with Gasteiger partial charge < -0.3 is 14.7 Å². The zero-order valence-corrected chi connectivity index (χ0v) is 11.2. The van der Waals surface area contributed by atoms with Crippen LogP contribution in [0.2, 0.25) is 0 Å². The van der Waals surface area contributed by atoms with Crippen LogP contribution >= 0.6 is 11.3 Å². The zero-order valence-electron chi connectivity index (χ0n) is 10.4. The van der Waals surface area contributed by atoms with Crippen LogP contribution in [-0.2, 0) is 0 Å². The van der Waals surface area contributed by atoms with Crippen molar-refractivity contribution in [2.24, 2.45) is 0 Å². The monoisotopic (exact) mass is 266 g/mol. The first kappa shape index (κ1) is 12.6. The minimum absolute atomic E-state index is 0.136. The molecule has 2 aromatic heterocycles. The van der Waals surface area contributed by atoms with Gasteiger partial charge in [-0.15, -0.1) is 11.3 Å². The molecule has 1 N–H and O–H groups in total. The Hall–Kier alpha value is -1.89. The first-order valence-electron chi connectivity index (χ1n) is 5.44. The molecule has 0 unspecified atom stereocenters. The summed E-state index contributed by atoms with van der Waals surface area (Å²) in [7, 11) is 3.49. The molecule has 0 bridgehead atoms. The summed E-state index contributed by atoms with van der Waals surface area (Å²) in [5.41, 5.74) is 1.15. The van der Waals surface area contributed by atoms with Gasteiger partial charge in [-0.3, -0.25) is 4.79 Å². The van der Waals surface area contributed by atoms with Crippen molar-refractivity contribution in [1.29, 1.82) is 0 Å². The summed E-state index contributed by atoms with van der Waals surface area (Å²) in [5.74, 6) is -0.136. The molecule has 6 nitrogen and oxygen atoms in total. The quantitative estimate of drug-likeness (QED) is 0.916. The molecule has 1 amide bonds. The van der Waals surface area contributed by atoms with Gasteiger partial charge in [0.05, 0.1) is 6.04 Å². The normalized spacial score (nSPS) is 12.2. The van der Waals surface area contributed by atoms with E-state index >= 15 is 0 Å². The van der Waals surface area contributed by atoms with Crippen LogP contribution in [0.4, 0.5) is 5.13 Å². The molecule has 7 heteroatoms. The van der Waals surface area contributed by atoms with Crippen LogP contribution < -0.4 is 5.32 Å². The Morgan fingerprint density at radius 1 is 1.61 bits per heavy atom. The molecule has 0 saturated carbocycles. The summed E-state index contributed by atoms with van der Waals surface area (Å²) in [6.07, 6.45) is 1.49. The van der Waals surface area contributed by atoms with Gasteiger partial charge in [0, 0.05) is 25.5 Å². The Balaban J connectivity index is 2.13. The molecule has 96 valence electrons. The number of carbonyl (C=O) groups is 1. The number of aromatic nitrogens is 2. The molecule has 0 saturated heterocycles. The van der Waals surface area contributed by atoms with E-state index in [2.05, 4.69) is 15.5 Å². The third-order valence-electron chi connectivity index (χ3n) is 2.72. The van der Waals surface area contributed by atoms with E-state index < -0.39 is 0 Å². The van der Waals surface area contributed by atoms with E-state index in [0.29, 0.717) is 5.69 Å². The highest BCUT2D eigenvalue weighted by Crippen LogP contribution is 2.21. The highest BCUT2D eigenvalue weighted by atomic mass is 32.1. The van der Waals surface area contributed by atoms with Gasteiger partial charge in [0.25, 0.3) is 5.91 Å². The molecule has 0 aliphatic heterocycles. The molecule has 0 aromatic carbocycles. The van der Waals surface area contributed by atoms with Gasteiger partial charge in [0.1, 0.15) is 17.7 Å². The SMILES string of the molecule is CNc1nc(C(=O)N(C)[C@@H](C)c2ccon2)cs1. The Bertz CT molecular complexity index is 523. The van der Waals surface area contributed by atoms with Crippen LogP contribution in [0.15, 0.2) is 22.2 Å². The van der Waals surface area contributed by atoms with E-state index in [-0.39, 0.29) is 11.9 Å². The molecular weight excluding hydrogens is 252 g/mol. The predicted octanol–water partition coefficient (Wildman–Crippen LogP) is 2.01. The lowest BCUT2D eigenvalue weighted by Gasteiger charge is -2.22. The standard InChI is InChI=1S/C11H14N4O2S/c1-7(8-4-5-17-14-8)15(3)10(16)9-6-18-11(12-2)13-9/h4-7H,1-3H3,(H,12,13)/t7-/m0/s1. The average Bonchev–Trinajstić information content (AvgIpc) is 3.06. The van der Waals surface area contributed by atoms with Crippen molar-refractivity contribution in [3.63, 3.8) is 0 Å². The molecule has 2 heterocycles. The zero-order chi connectivity index (χ0) is 13.1. The van der Waals surface area contributed by atoms with E-state index in [1.807, 2.05) is 6.92 Å². The Morgan fingerprint density at radius 3 is 2.94 bits per heavy atom. The number of amides is 1. The van der Waals surface area contributed by atoms with Gasteiger partial charge in [-0.05, 0) is 6.92 Å². The van der Waals surface area contributed by atoms with E-state index in [1.165, 1.54) is 17.6 Å². The van der Waals surface area contributed by atoms with E-state index in [0.717, 1.165) is 10.8 Å². The van der Waals surface area contributed by atoms with Crippen LogP contribution in [-0.4, -0.2) is 35.0 Å². The van der Waals surface area contributed by atoms with Crippen LogP contribution in [0.1, 0.15) is 29.1 Å². The van der Waals surface area contributed by atoms with Crippen molar-refractivity contribution in [2.75, 3.05) is 19.4 Å². The van der Waals surface area contributed by atoms with Gasteiger partial charge in [-0.2, -0.15) is 0 Å². The van der Waals surface area contributed by atoms with Crippen LogP contribution in [0.25, 0.3) is 0 Å². The summed E-state index contributed by atoms with van der Waals surface area (Å²) in [6, 6.07) is 1.59. The van der Waals surface area contributed by atoms with E-state index in [9.17, 15) is 4.79 Å². The molecular formula is C11H14N4O2S. The molecule has 2 aromatic rings. The fraction of sp³-hybridized carbons (Fsp3) is 0.364. The molecule has 0 aliphatic carbocycles. The number of hydrogen-bond acceptors (Lipinski definition) is 6. The number of hydrogen-bond donors (Lipinski definition) is 1. The van der Waals surface area contributed by atoms with E-state index in [1.54, 1.807) is 30.4 Å².